The summed E-state index contributed by atoms with van der Waals surface area (Å²) < 4.78 is 0. The number of hydrogen-bond acceptors (Lipinski definition) is 3. The Bertz CT molecular complexity index is 157. The second-order valence-electron chi connectivity index (χ2n) is 4.46. The van der Waals surface area contributed by atoms with E-state index < -0.39 is 0 Å². The smallest absolute Gasteiger partial charge is 0.126 e. The van der Waals surface area contributed by atoms with Crippen LogP contribution in [0.2, 0.25) is 0 Å². The second-order valence-corrected chi connectivity index (χ2v) is 4.46. The number of aliphatic hydroxyl groups is 1. The Hall–Kier alpha value is -0.410. The van der Waals surface area contributed by atoms with Crippen molar-refractivity contribution in [1.82, 2.24) is 4.90 Å². The van der Waals surface area contributed by atoms with E-state index in [9.17, 15) is 4.79 Å². The van der Waals surface area contributed by atoms with Crippen molar-refractivity contribution >= 4 is 6.29 Å². The molecule has 0 rings (SSSR count). The average molecular weight is 201 g/mol. The summed E-state index contributed by atoms with van der Waals surface area (Å²) in [6, 6.07) is 0. The summed E-state index contributed by atoms with van der Waals surface area (Å²) in [5.74, 6) is 0. The molecule has 3 heteroatoms. The number of carbonyl (C=O) groups is 1. The van der Waals surface area contributed by atoms with Crippen LogP contribution < -0.4 is 0 Å². The molecule has 1 N–H and O–H groups in total. The predicted octanol–water partition coefficient (Wildman–Crippen LogP) is 1.31. The van der Waals surface area contributed by atoms with Gasteiger partial charge >= 0.3 is 0 Å². The third-order valence-electron chi connectivity index (χ3n) is 2.19. The van der Waals surface area contributed by atoms with E-state index in [1.165, 1.54) is 0 Å². The van der Waals surface area contributed by atoms with Gasteiger partial charge in [0.25, 0.3) is 0 Å². The van der Waals surface area contributed by atoms with E-state index in [-0.39, 0.29) is 12.0 Å². The fourth-order valence-electron chi connectivity index (χ4n) is 1.41. The van der Waals surface area contributed by atoms with Gasteiger partial charge < -0.3 is 14.8 Å². The highest BCUT2D eigenvalue weighted by atomic mass is 16.3. The van der Waals surface area contributed by atoms with Crippen molar-refractivity contribution in [2.24, 2.45) is 5.41 Å². The van der Waals surface area contributed by atoms with Crippen LogP contribution in [0.15, 0.2) is 0 Å². The molecular weight excluding hydrogens is 178 g/mol. The number of aldehydes is 1. The van der Waals surface area contributed by atoms with Crippen molar-refractivity contribution in [1.29, 1.82) is 0 Å². The van der Waals surface area contributed by atoms with Crippen LogP contribution >= 0.6 is 0 Å². The Labute approximate surface area is 87.1 Å². The highest BCUT2D eigenvalue weighted by Crippen LogP contribution is 2.13. The molecule has 0 bridgehead atoms. The van der Waals surface area contributed by atoms with Gasteiger partial charge in [-0.25, -0.2) is 0 Å². The highest BCUT2D eigenvalue weighted by molar-refractivity contribution is 5.58. The number of hydrogen-bond donors (Lipinski definition) is 1. The lowest BCUT2D eigenvalue weighted by Gasteiger charge is -2.28. The molecular formula is C11H23NO2. The molecule has 0 heterocycles. The van der Waals surface area contributed by atoms with Crippen LogP contribution in [-0.2, 0) is 4.79 Å². The quantitative estimate of drug-likeness (QED) is 0.602. The maximum atomic E-state index is 10.8. The van der Waals surface area contributed by atoms with E-state index in [0.717, 1.165) is 32.2 Å². The highest BCUT2D eigenvalue weighted by Gasteiger charge is 2.20. The van der Waals surface area contributed by atoms with Gasteiger partial charge in [-0.2, -0.15) is 0 Å². The van der Waals surface area contributed by atoms with Gasteiger partial charge in [-0.3, -0.25) is 0 Å². The molecule has 0 amide bonds. The monoisotopic (exact) mass is 201 g/mol. The minimum atomic E-state index is -0.303. The molecule has 0 unspecified atom stereocenters. The molecule has 0 saturated carbocycles. The van der Waals surface area contributed by atoms with Crippen molar-refractivity contribution in [2.75, 3.05) is 26.2 Å². The fraction of sp³-hybridized carbons (Fsp3) is 0.909. The van der Waals surface area contributed by atoms with Gasteiger partial charge in [0.2, 0.25) is 0 Å². The molecule has 0 aromatic rings. The minimum absolute atomic E-state index is 0.165. The lowest BCUT2D eigenvalue weighted by Crippen LogP contribution is -2.37. The summed E-state index contributed by atoms with van der Waals surface area (Å²) in [7, 11) is 0. The lowest BCUT2D eigenvalue weighted by molar-refractivity contribution is -0.115. The molecule has 3 nitrogen and oxygen atoms in total. The zero-order valence-electron chi connectivity index (χ0n) is 9.62. The van der Waals surface area contributed by atoms with Crippen LogP contribution in [0.1, 0.15) is 33.6 Å². The first-order valence-corrected chi connectivity index (χ1v) is 5.35. The SMILES string of the molecule is CCCCN(CCO)CC(C)(C)C=O. The lowest BCUT2D eigenvalue weighted by atomic mass is 9.95. The molecule has 14 heavy (non-hydrogen) atoms. The summed E-state index contributed by atoms with van der Waals surface area (Å²) in [5.41, 5.74) is -0.303. The van der Waals surface area contributed by atoms with Gasteiger partial charge in [0.1, 0.15) is 6.29 Å². The third kappa shape index (κ3) is 6.11. The molecule has 0 fully saturated rings. The van der Waals surface area contributed by atoms with Crippen LogP contribution in [0.4, 0.5) is 0 Å². The van der Waals surface area contributed by atoms with Crippen molar-refractivity contribution in [3.63, 3.8) is 0 Å². The van der Waals surface area contributed by atoms with Gasteiger partial charge in [-0.05, 0) is 13.0 Å². The van der Waals surface area contributed by atoms with Gasteiger partial charge in [0, 0.05) is 18.5 Å². The van der Waals surface area contributed by atoms with Gasteiger partial charge in [-0.1, -0.05) is 27.2 Å². The number of nitrogens with zero attached hydrogens (tertiary/aromatic N) is 1. The van der Waals surface area contributed by atoms with E-state index >= 15 is 0 Å². The largest absolute Gasteiger partial charge is 0.395 e. The van der Waals surface area contributed by atoms with Crippen molar-refractivity contribution in [3.8, 4) is 0 Å². The summed E-state index contributed by atoms with van der Waals surface area (Å²) in [4.78, 5) is 12.9. The van der Waals surface area contributed by atoms with Crippen LogP contribution in [0.5, 0.6) is 0 Å². The number of unbranched alkanes of at least 4 members (excludes halogenated alkanes) is 1. The zero-order chi connectivity index (χ0) is 11.0. The minimum Gasteiger partial charge on any atom is -0.395 e. The van der Waals surface area contributed by atoms with Crippen LogP contribution in [0.25, 0.3) is 0 Å². The summed E-state index contributed by atoms with van der Waals surface area (Å²) >= 11 is 0. The summed E-state index contributed by atoms with van der Waals surface area (Å²) in [5, 5.41) is 8.88. The van der Waals surface area contributed by atoms with Gasteiger partial charge in [0.05, 0.1) is 6.61 Å². The zero-order valence-corrected chi connectivity index (χ0v) is 9.62. The molecule has 0 saturated heterocycles. The van der Waals surface area contributed by atoms with Crippen LogP contribution in [0, 0.1) is 5.41 Å². The fourth-order valence-corrected chi connectivity index (χ4v) is 1.41. The van der Waals surface area contributed by atoms with Crippen molar-refractivity contribution < 1.29 is 9.90 Å². The third-order valence-corrected chi connectivity index (χ3v) is 2.19. The van der Waals surface area contributed by atoms with E-state index in [1.54, 1.807) is 0 Å². The number of rotatable bonds is 8. The Kier molecular flexibility index (Phi) is 6.75. The Morgan fingerprint density at radius 2 is 2.00 bits per heavy atom. The standard InChI is InChI=1S/C11H23NO2/c1-4-5-6-12(7-8-13)9-11(2,3)10-14/h10,13H,4-9H2,1-3H3. The molecule has 0 aliphatic carbocycles. The molecule has 0 aromatic carbocycles. The normalized spacial score (nSPS) is 12.1. The maximum absolute atomic E-state index is 10.8. The van der Waals surface area contributed by atoms with Crippen molar-refractivity contribution in [2.45, 2.75) is 33.6 Å². The maximum Gasteiger partial charge on any atom is 0.126 e. The second kappa shape index (κ2) is 6.96. The topological polar surface area (TPSA) is 40.5 Å². The van der Waals surface area contributed by atoms with Gasteiger partial charge in [0.15, 0.2) is 0 Å². The summed E-state index contributed by atoms with van der Waals surface area (Å²) in [6.45, 7) is 8.52. The van der Waals surface area contributed by atoms with Crippen molar-refractivity contribution in [3.05, 3.63) is 0 Å². The molecule has 0 aliphatic rings. The Morgan fingerprint density at radius 1 is 1.36 bits per heavy atom. The van der Waals surface area contributed by atoms with E-state index in [2.05, 4.69) is 11.8 Å². The average Bonchev–Trinajstić information content (AvgIpc) is 2.14. The molecule has 0 atom stereocenters. The van der Waals surface area contributed by atoms with Crippen LogP contribution in [-0.4, -0.2) is 42.5 Å². The number of carbonyl (C=O) groups excluding carboxylic acids is 1. The van der Waals surface area contributed by atoms with E-state index in [1.807, 2.05) is 13.8 Å². The first kappa shape index (κ1) is 13.6. The molecule has 0 spiro atoms. The molecule has 0 aromatic heterocycles. The molecule has 0 radical (unpaired) electrons. The van der Waals surface area contributed by atoms with Gasteiger partial charge in [-0.15, -0.1) is 0 Å². The van der Waals surface area contributed by atoms with E-state index in [0.29, 0.717) is 6.54 Å². The number of aliphatic hydroxyl groups excluding tert-OH is 1. The first-order valence-electron chi connectivity index (χ1n) is 5.35. The van der Waals surface area contributed by atoms with Crippen LogP contribution in [0.3, 0.4) is 0 Å². The van der Waals surface area contributed by atoms with E-state index in [4.69, 9.17) is 5.11 Å². The molecule has 0 aliphatic heterocycles. The molecule has 84 valence electrons. The Balaban J connectivity index is 4.00. The summed E-state index contributed by atoms with van der Waals surface area (Å²) in [6.07, 6.45) is 3.25. The predicted molar refractivity (Wildman–Crippen MR) is 58.3 cm³/mol. The Morgan fingerprint density at radius 3 is 2.43 bits per heavy atom. The first-order chi connectivity index (χ1) is 6.55.